The van der Waals surface area contributed by atoms with Gasteiger partial charge in [-0.15, -0.1) is 0 Å². The first kappa shape index (κ1) is 19.0. The number of amides is 2. The monoisotopic (exact) mass is 405 g/mol. The van der Waals surface area contributed by atoms with Crippen LogP contribution in [0.4, 0.5) is 0 Å². The lowest BCUT2D eigenvalue weighted by Gasteiger charge is -2.44. The Labute approximate surface area is 175 Å². The van der Waals surface area contributed by atoms with Crippen molar-refractivity contribution in [2.24, 2.45) is 0 Å². The van der Waals surface area contributed by atoms with Gasteiger partial charge in [0.15, 0.2) is 0 Å². The number of aromatic nitrogens is 1. The number of furan rings is 1. The van der Waals surface area contributed by atoms with E-state index < -0.39 is 5.54 Å². The number of fused-ring (bicyclic) bond motifs is 3. The second kappa shape index (κ2) is 7.35. The van der Waals surface area contributed by atoms with Crippen LogP contribution in [0.1, 0.15) is 55.3 Å². The molecule has 3 aromatic rings. The second-order valence-electron chi connectivity index (χ2n) is 8.73. The summed E-state index contributed by atoms with van der Waals surface area (Å²) in [7, 11) is 0. The maximum Gasteiger partial charge on any atom is 0.271 e. The molecule has 1 saturated carbocycles. The summed E-state index contributed by atoms with van der Waals surface area (Å²) in [5.74, 6) is 0.442. The van der Waals surface area contributed by atoms with Crippen molar-refractivity contribution in [1.82, 2.24) is 14.8 Å². The van der Waals surface area contributed by atoms with Gasteiger partial charge < -0.3 is 19.2 Å². The molecule has 2 amide bonds. The summed E-state index contributed by atoms with van der Waals surface area (Å²) in [6.07, 6.45) is 7.12. The first-order valence-corrected chi connectivity index (χ1v) is 10.8. The quantitative estimate of drug-likeness (QED) is 0.711. The highest BCUT2D eigenvalue weighted by Crippen LogP contribution is 2.34. The molecule has 156 valence electrons. The van der Waals surface area contributed by atoms with Crippen molar-refractivity contribution in [3.05, 3.63) is 60.2 Å². The fourth-order valence-corrected chi connectivity index (χ4v) is 4.90. The molecule has 1 aliphatic carbocycles. The van der Waals surface area contributed by atoms with Crippen LogP contribution < -0.4 is 5.32 Å². The molecule has 1 fully saturated rings. The number of rotatable bonds is 4. The number of para-hydroxylation sites is 1. The van der Waals surface area contributed by atoms with Gasteiger partial charge in [0.25, 0.3) is 5.91 Å². The van der Waals surface area contributed by atoms with Gasteiger partial charge in [0.1, 0.15) is 17.0 Å². The van der Waals surface area contributed by atoms with E-state index in [1.54, 1.807) is 17.2 Å². The highest BCUT2D eigenvalue weighted by Gasteiger charge is 2.48. The normalized spacial score (nSPS) is 22.3. The van der Waals surface area contributed by atoms with E-state index >= 15 is 0 Å². The van der Waals surface area contributed by atoms with E-state index in [4.69, 9.17) is 4.42 Å². The molecule has 0 spiro atoms. The Morgan fingerprint density at radius 3 is 2.73 bits per heavy atom. The van der Waals surface area contributed by atoms with Gasteiger partial charge >= 0.3 is 0 Å². The molecule has 2 aromatic heterocycles. The number of hydrogen-bond donors (Lipinski definition) is 1. The number of carbonyl (C=O) groups excluding carboxylic acids is 2. The molecule has 30 heavy (non-hydrogen) atoms. The van der Waals surface area contributed by atoms with E-state index in [9.17, 15) is 9.59 Å². The maximum atomic E-state index is 13.6. The van der Waals surface area contributed by atoms with Crippen LogP contribution in [-0.2, 0) is 17.9 Å². The third-order valence-electron chi connectivity index (χ3n) is 6.66. The molecule has 0 unspecified atom stereocenters. The third kappa shape index (κ3) is 3.11. The second-order valence-corrected chi connectivity index (χ2v) is 8.73. The summed E-state index contributed by atoms with van der Waals surface area (Å²) in [6, 6.07) is 13.7. The predicted molar refractivity (Wildman–Crippen MR) is 114 cm³/mol. The van der Waals surface area contributed by atoms with Crippen LogP contribution in [0, 0.1) is 0 Å². The summed E-state index contributed by atoms with van der Waals surface area (Å²) in [4.78, 5) is 28.9. The van der Waals surface area contributed by atoms with Crippen molar-refractivity contribution in [2.45, 2.75) is 63.7 Å². The Kier molecular flexibility index (Phi) is 4.65. The number of hydrogen-bond acceptors (Lipinski definition) is 3. The number of carbonyl (C=O) groups is 2. The third-order valence-corrected chi connectivity index (χ3v) is 6.66. The summed E-state index contributed by atoms with van der Waals surface area (Å²) < 4.78 is 7.52. The standard InChI is InChI=1S/C24H27N3O3/c1-24(23(29)25-18-9-3-2-4-10-18)16-26-20-12-6-5-8-17(20)14-21(26)22(28)27(24)15-19-11-7-13-30-19/h5-8,11-14,18H,2-4,9-10,15-16H2,1H3,(H,25,29)/t24-/m1/s1. The maximum absolute atomic E-state index is 13.6. The van der Waals surface area contributed by atoms with Crippen LogP contribution in [0.5, 0.6) is 0 Å². The molecule has 3 heterocycles. The van der Waals surface area contributed by atoms with Crippen molar-refractivity contribution < 1.29 is 14.0 Å². The molecule has 1 aliphatic heterocycles. The van der Waals surface area contributed by atoms with Crippen molar-refractivity contribution in [3.8, 4) is 0 Å². The number of benzene rings is 1. The number of nitrogens with one attached hydrogen (secondary N) is 1. The predicted octanol–water partition coefficient (Wildman–Crippen LogP) is 4.10. The average Bonchev–Trinajstić information content (AvgIpc) is 3.40. The highest BCUT2D eigenvalue weighted by atomic mass is 16.3. The topological polar surface area (TPSA) is 67.5 Å². The van der Waals surface area contributed by atoms with E-state index in [2.05, 4.69) is 5.32 Å². The van der Waals surface area contributed by atoms with Crippen molar-refractivity contribution in [3.63, 3.8) is 0 Å². The van der Waals surface area contributed by atoms with Crippen LogP contribution in [0.25, 0.3) is 10.9 Å². The zero-order valence-electron chi connectivity index (χ0n) is 17.3. The van der Waals surface area contributed by atoms with E-state index in [1.807, 2.05) is 47.9 Å². The molecule has 0 bridgehead atoms. The van der Waals surface area contributed by atoms with Crippen LogP contribution in [0.3, 0.4) is 0 Å². The largest absolute Gasteiger partial charge is 0.467 e. The molecule has 5 rings (SSSR count). The molecule has 1 N–H and O–H groups in total. The fourth-order valence-electron chi connectivity index (χ4n) is 4.90. The van der Waals surface area contributed by atoms with Crippen molar-refractivity contribution >= 4 is 22.7 Å². The SMILES string of the molecule is C[C@]1(C(=O)NC2CCCCC2)Cn2c(cc3ccccc32)C(=O)N1Cc1ccco1. The Bertz CT molecular complexity index is 1080. The molecule has 1 atom stereocenters. The minimum atomic E-state index is -1.00. The van der Waals surface area contributed by atoms with E-state index in [1.165, 1.54) is 6.42 Å². The molecular weight excluding hydrogens is 378 g/mol. The van der Waals surface area contributed by atoms with E-state index in [0.717, 1.165) is 36.6 Å². The van der Waals surface area contributed by atoms with E-state index in [0.29, 0.717) is 18.0 Å². The van der Waals surface area contributed by atoms with Gasteiger partial charge in [-0.1, -0.05) is 37.5 Å². The van der Waals surface area contributed by atoms with Crippen molar-refractivity contribution in [2.75, 3.05) is 0 Å². The average molecular weight is 405 g/mol. The molecule has 0 saturated heterocycles. The van der Waals surface area contributed by atoms with Gasteiger partial charge in [-0.25, -0.2) is 0 Å². The summed E-state index contributed by atoms with van der Waals surface area (Å²) in [5, 5.41) is 4.26. The summed E-state index contributed by atoms with van der Waals surface area (Å²) in [6.45, 7) is 2.56. The molecule has 6 heteroatoms. The zero-order chi connectivity index (χ0) is 20.7. The highest BCUT2D eigenvalue weighted by molar-refractivity contribution is 6.03. The van der Waals surface area contributed by atoms with Gasteiger partial charge in [0.05, 0.1) is 19.4 Å². The minimum Gasteiger partial charge on any atom is -0.467 e. The lowest BCUT2D eigenvalue weighted by atomic mass is 9.91. The van der Waals surface area contributed by atoms with Crippen LogP contribution in [0.2, 0.25) is 0 Å². The first-order chi connectivity index (χ1) is 14.6. The Hall–Kier alpha value is -3.02. The van der Waals surface area contributed by atoms with Gasteiger partial charge in [-0.3, -0.25) is 9.59 Å². The molecule has 0 radical (unpaired) electrons. The lowest BCUT2D eigenvalue weighted by molar-refractivity contribution is -0.134. The lowest BCUT2D eigenvalue weighted by Crippen LogP contribution is -2.64. The minimum absolute atomic E-state index is 0.0854. The zero-order valence-corrected chi connectivity index (χ0v) is 17.3. The fraction of sp³-hybridized carbons (Fsp3) is 0.417. The van der Waals surface area contributed by atoms with Gasteiger partial charge in [-0.05, 0) is 44.0 Å². The van der Waals surface area contributed by atoms with Gasteiger partial charge in [0, 0.05) is 16.9 Å². The molecule has 6 nitrogen and oxygen atoms in total. The van der Waals surface area contributed by atoms with Crippen LogP contribution >= 0.6 is 0 Å². The Morgan fingerprint density at radius 1 is 1.17 bits per heavy atom. The smallest absolute Gasteiger partial charge is 0.271 e. The Morgan fingerprint density at radius 2 is 1.97 bits per heavy atom. The number of nitrogens with zero attached hydrogens (tertiary/aromatic N) is 2. The first-order valence-electron chi connectivity index (χ1n) is 10.8. The van der Waals surface area contributed by atoms with Crippen molar-refractivity contribution in [1.29, 1.82) is 0 Å². The van der Waals surface area contributed by atoms with Gasteiger partial charge in [-0.2, -0.15) is 0 Å². The molecular formula is C24H27N3O3. The molecule has 1 aromatic carbocycles. The van der Waals surface area contributed by atoms with E-state index in [-0.39, 0.29) is 24.4 Å². The summed E-state index contributed by atoms with van der Waals surface area (Å²) in [5.41, 5.74) is 0.594. The Balaban J connectivity index is 1.54. The summed E-state index contributed by atoms with van der Waals surface area (Å²) >= 11 is 0. The molecule has 2 aliphatic rings. The van der Waals surface area contributed by atoms with Gasteiger partial charge in [0.2, 0.25) is 5.91 Å². The van der Waals surface area contributed by atoms with Crippen LogP contribution in [0.15, 0.2) is 53.1 Å². The van der Waals surface area contributed by atoms with Crippen LogP contribution in [-0.4, -0.2) is 32.9 Å².